The number of nitrogens with zero attached hydrogens (tertiary/aromatic N) is 3. The fraction of sp³-hybridized carbons (Fsp3) is 0.250. The van der Waals surface area contributed by atoms with Crippen LogP contribution in [0, 0.1) is 17.2 Å². The Morgan fingerprint density at radius 2 is 2.44 bits per heavy atom. The lowest BCUT2D eigenvalue weighted by Crippen LogP contribution is -2.21. The molecular weight excluding hydrogens is 228 g/mol. The van der Waals surface area contributed by atoms with Crippen molar-refractivity contribution in [1.82, 2.24) is 15.2 Å². The van der Waals surface area contributed by atoms with E-state index in [0.717, 1.165) is 11.8 Å². The summed E-state index contributed by atoms with van der Waals surface area (Å²) < 4.78 is 0. The zero-order valence-corrected chi connectivity index (χ0v) is 9.12. The van der Waals surface area contributed by atoms with E-state index in [1.807, 2.05) is 0 Å². The summed E-state index contributed by atoms with van der Waals surface area (Å²) in [5, 5.41) is 15.2. The van der Waals surface area contributed by atoms with Crippen LogP contribution in [-0.4, -0.2) is 26.7 Å². The summed E-state index contributed by atoms with van der Waals surface area (Å²) in [4.78, 5) is 15.3. The van der Waals surface area contributed by atoms with Crippen LogP contribution in [0.3, 0.4) is 0 Å². The van der Waals surface area contributed by atoms with Crippen LogP contribution in [0.5, 0.6) is 0 Å². The highest BCUT2D eigenvalue weighted by Gasteiger charge is 2.19. The van der Waals surface area contributed by atoms with E-state index in [-0.39, 0.29) is 23.2 Å². The number of allylic oxidation sites excluding steroid dienone is 1. The van der Waals surface area contributed by atoms with Crippen LogP contribution in [-0.2, 0) is 4.79 Å². The van der Waals surface area contributed by atoms with E-state index in [0.29, 0.717) is 5.16 Å². The van der Waals surface area contributed by atoms with Crippen molar-refractivity contribution >= 4 is 23.5 Å². The maximum atomic E-state index is 11.5. The van der Waals surface area contributed by atoms with Gasteiger partial charge in [0, 0.05) is 5.70 Å². The molecule has 16 heavy (non-hydrogen) atoms. The number of nitrogens with one attached hydrogen (secondary N) is 1. The zero-order valence-electron chi connectivity index (χ0n) is 8.30. The fourth-order valence-corrected chi connectivity index (χ4v) is 1.61. The van der Waals surface area contributed by atoms with E-state index in [1.165, 1.54) is 0 Å². The van der Waals surface area contributed by atoms with Crippen LogP contribution in [0.25, 0.3) is 0 Å². The van der Waals surface area contributed by atoms with Crippen LogP contribution < -0.4 is 11.5 Å². The van der Waals surface area contributed by atoms with Gasteiger partial charge in [-0.1, -0.05) is 18.3 Å². The normalized spacial score (nSPS) is 11.7. The number of hydrogen-bond donors (Lipinski definition) is 3. The third-order valence-corrected chi connectivity index (χ3v) is 2.52. The molecule has 1 aromatic heterocycles. The number of carbonyl (C=O) groups excluding carboxylic acids is 1. The van der Waals surface area contributed by atoms with Crippen molar-refractivity contribution in [2.24, 2.45) is 11.7 Å². The van der Waals surface area contributed by atoms with E-state index in [9.17, 15) is 4.79 Å². The van der Waals surface area contributed by atoms with Gasteiger partial charge < -0.3 is 11.5 Å². The minimum atomic E-state index is -0.983. The standard InChI is InChI=1S/C8H10N6OS/c1-4(10)5(2-9)6(15)3-16-8-12-7(11)13-14-8/h5H,1,3,10H2,(H3,11,12,13,14)/t5-/m0/s1. The van der Waals surface area contributed by atoms with E-state index >= 15 is 0 Å². The molecule has 0 aliphatic carbocycles. The van der Waals surface area contributed by atoms with Crippen molar-refractivity contribution in [3.05, 3.63) is 12.3 Å². The largest absolute Gasteiger partial charge is 0.401 e. The third-order valence-electron chi connectivity index (χ3n) is 1.65. The second kappa shape index (κ2) is 5.18. The van der Waals surface area contributed by atoms with Crippen LogP contribution in [0.15, 0.2) is 17.4 Å². The molecule has 0 spiro atoms. The summed E-state index contributed by atoms with van der Waals surface area (Å²) in [6.45, 7) is 3.37. The molecule has 5 N–H and O–H groups in total. The number of nitrogen functional groups attached to an aromatic ring is 1. The minimum Gasteiger partial charge on any atom is -0.401 e. The second-order valence-corrected chi connectivity index (χ2v) is 3.84. The molecule has 0 amide bonds. The van der Waals surface area contributed by atoms with Gasteiger partial charge >= 0.3 is 0 Å². The highest BCUT2D eigenvalue weighted by atomic mass is 32.2. The van der Waals surface area contributed by atoms with Crippen molar-refractivity contribution in [2.45, 2.75) is 5.16 Å². The lowest BCUT2D eigenvalue weighted by molar-refractivity contribution is -0.117. The van der Waals surface area contributed by atoms with Crippen LogP contribution >= 0.6 is 11.8 Å². The number of carbonyl (C=O) groups is 1. The number of nitrogens with two attached hydrogens (primary N) is 2. The maximum absolute atomic E-state index is 11.5. The van der Waals surface area contributed by atoms with Gasteiger partial charge in [0.05, 0.1) is 11.8 Å². The summed E-state index contributed by atoms with van der Waals surface area (Å²) in [7, 11) is 0. The smallest absolute Gasteiger partial charge is 0.216 e. The summed E-state index contributed by atoms with van der Waals surface area (Å²) in [5.41, 5.74) is 10.7. The molecule has 0 aromatic carbocycles. The average molecular weight is 238 g/mol. The summed E-state index contributed by atoms with van der Waals surface area (Å²) in [6.07, 6.45) is 0. The number of nitriles is 1. The SMILES string of the molecule is C=C(N)[C@H](C#N)C(=O)CSc1n[nH]c(N)n1. The van der Waals surface area contributed by atoms with E-state index in [4.69, 9.17) is 16.7 Å². The quantitative estimate of drug-likeness (QED) is 0.597. The topological polar surface area (TPSA) is 134 Å². The number of ketones is 1. The Bertz CT molecular complexity index is 448. The van der Waals surface area contributed by atoms with Gasteiger partial charge in [0.1, 0.15) is 5.92 Å². The molecule has 0 fully saturated rings. The average Bonchev–Trinajstić information content (AvgIpc) is 2.62. The van der Waals surface area contributed by atoms with Gasteiger partial charge in [-0.2, -0.15) is 10.2 Å². The monoisotopic (exact) mass is 238 g/mol. The highest BCUT2D eigenvalue weighted by Crippen LogP contribution is 2.16. The molecule has 7 nitrogen and oxygen atoms in total. The van der Waals surface area contributed by atoms with Crippen LogP contribution in [0.4, 0.5) is 5.95 Å². The Morgan fingerprint density at radius 3 is 2.88 bits per heavy atom. The number of hydrogen-bond acceptors (Lipinski definition) is 7. The molecule has 1 rings (SSSR count). The fourth-order valence-electron chi connectivity index (χ4n) is 0.903. The van der Waals surface area contributed by atoms with Gasteiger partial charge in [-0.25, -0.2) is 5.10 Å². The number of aromatic amines is 1. The predicted molar refractivity (Wildman–Crippen MR) is 59.0 cm³/mol. The minimum absolute atomic E-state index is 0.0441. The molecule has 0 radical (unpaired) electrons. The Labute approximate surface area is 95.9 Å². The molecule has 1 aromatic rings. The Hall–Kier alpha value is -2.01. The number of Topliss-reactive ketones (excluding diaryl/α,β-unsaturated/α-hetero) is 1. The van der Waals surface area contributed by atoms with Crippen molar-refractivity contribution in [2.75, 3.05) is 11.5 Å². The van der Waals surface area contributed by atoms with E-state index < -0.39 is 5.92 Å². The van der Waals surface area contributed by atoms with Gasteiger partial charge in [0.15, 0.2) is 5.78 Å². The summed E-state index contributed by atoms with van der Waals surface area (Å²) >= 11 is 1.08. The molecule has 0 saturated heterocycles. The summed E-state index contributed by atoms with van der Waals surface area (Å²) in [6, 6.07) is 1.78. The van der Waals surface area contributed by atoms with Crippen molar-refractivity contribution in [3.8, 4) is 6.07 Å². The molecule has 1 heterocycles. The van der Waals surface area contributed by atoms with Crippen molar-refractivity contribution < 1.29 is 4.79 Å². The predicted octanol–water partition coefficient (Wildman–Crippen LogP) is -0.340. The number of thioether (sulfide) groups is 1. The third kappa shape index (κ3) is 2.99. The second-order valence-electron chi connectivity index (χ2n) is 2.90. The molecule has 84 valence electrons. The number of aromatic nitrogens is 3. The van der Waals surface area contributed by atoms with Crippen LogP contribution in [0.2, 0.25) is 0 Å². The van der Waals surface area contributed by atoms with E-state index in [1.54, 1.807) is 6.07 Å². The van der Waals surface area contributed by atoms with Gasteiger partial charge in [-0.3, -0.25) is 4.79 Å². The summed E-state index contributed by atoms with van der Waals surface area (Å²) in [5.74, 6) is -1.09. The highest BCUT2D eigenvalue weighted by molar-refractivity contribution is 7.99. The van der Waals surface area contributed by atoms with Crippen molar-refractivity contribution in [1.29, 1.82) is 5.26 Å². The van der Waals surface area contributed by atoms with E-state index in [2.05, 4.69) is 21.8 Å². The molecule has 0 aliphatic heterocycles. The number of anilines is 1. The first-order chi connectivity index (χ1) is 7.54. The first kappa shape index (κ1) is 12.1. The molecule has 0 unspecified atom stereocenters. The Kier molecular flexibility index (Phi) is 3.90. The maximum Gasteiger partial charge on any atom is 0.216 e. The molecule has 0 aliphatic rings. The number of rotatable bonds is 5. The Morgan fingerprint density at radius 1 is 1.75 bits per heavy atom. The van der Waals surface area contributed by atoms with Gasteiger partial charge in [-0.15, -0.1) is 5.10 Å². The molecule has 1 atom stereocenters. The molecular formula is C8H10N6OS. The molecule has 8 heteroatoms. The van der Waals surface area contributed by atoms with Gasteiger partial charge in [0.2, 0.25) is 11.1 Å². The van der Waals surface area contributed by atoms with Gasteiger partial charge in [0.25, 0.3) is 0 Å². The van der Waals surface area contributed by atoms with Crippen LogP contribution in [0.1, 0.15) is 0 Å². The first-order valence-electron chi connectivity index (χ1n) is 4.22. The van der Waals surface area contributed by atoms with Crippen molar-refractivity contribution in [3.63, 3.8) is 0 Å². The Balaban J connectivity index is 2.53. The molecule has 0 saturated carbocycles. The first-order valence-corrected chi connectivity index (χ1v) is 5.20. The molecule has 0 bridgehead atoms. The lowest BCUT2D eigenvalue weighted by atomic mass is 10.1. The lowest BCUT2D eigenvalue weighted by Gasteiger charge is -2.05. The zero-order chi connectivity index (χ0) is 12.1. The van der Waals surface area contributed by atoms with Gasteiger partial charge in [-0.05, 0) is 0 Å². The number of H-pyrrole nitrogens is 1.